The van der Waals surface area contributed by atoms with Crippen LogP contribution in [-0.2, 0) is 4.79 Å². The van der Waals surface area contributed by atoms with E-state index in [0.29, 0.717) is 0 Å². The number of carbonyl (C=O) groups excluding carboxylic acids is 1. The third-order valence-electron chi connectivity index (χ3n) is 1.64. The summed E-state index contributed by atoms with van der Waals surface area (Å²) in [6.45, 7) is 4.88. The van der Waals surface area contributed by atoms with Crippen molar-refractivity contribution in [2.75, 3.05) is 5.43 Å². The van der Waals surface area contributed by atoms with Gasteiger partial charge >= 0.3 is 5.69 Å². The Labute approximate surface area is 69.4 Å². The number of imidazole rings is 1. The summed E-state index contributed by atoms with van der Waals surface area (Å²) in [5, 5.41) is 0. The van der Waals surface area contributed by atoms with Gasteiger partial charge in [0.15, 0.2) is 0 Å². The lowest BCUT2D eigenvalue weighted by molar-refractivity contribution is -0.115. The summed E-state index contributed by atoms with van der Waals surface area (Å²) in [4.78, 5) is 24.3. The molecule has 1 aromatic rings. The minimum atomic E-state index is -0.319. The Morgan fingerprint density at radius 2 is 2.08 bits per heavy atom. The molecule has 0 unspecified atom stereocenters. The second-order valence-corrected chi connectivity index (χ2v) is 2.64. The summed E-state index contributed by atoms with van der Waals surface area (Å²) in [5.41, 5.74) is 3.55. The molecule has 0 aliphatic heterocycles. The molecule has 0 saturated heterocycles. The monoisotopic (exact) mass is 169 g/mol. The number of rotatable bonds is 1. The number of hydrogen-bond acceptors (Lipinski definition) is 2. The van der Waals surface area contributed by atoms with Crippen molar-refractivity contribution in [1.82, 2.24) is 9.66 Å². The minimum absolute atomic E-state index is 0.265. The minimum Gasteiger partial charge on any atom is -0.308 e. The van der Waals surface area contributed by atoms with E-state index in [9.17, 15) is 9.59 Å². The molecular formula is C7H11N3O2. The average Bonchev–Trinajstić information content (AvgIpc) is 2.16. The molecule has 5 heteroatoms. The van der Waals surface area contributed by atoms with Crippen LogP contribution in [0.3, 0.4) is 0 Å². The SMILES string of the molecule is CC(=O)Nn1c(C)c(C)[nH]c1=O. The van der Waals surface area contributed by atoms with Crippen molar-refractivity contribution in [2.24, 2.45) is 0 Å². The molecule has 0 aliphatic rings. The van der Waals surface area contributed by atoms with E-state index in [0.717, 1.165) is 11.4 Å². The van der Waals surface area contributed by atoms with Crippen molar-refractivity contribution in [2.45, 2.75) is 20.8 Å². The van der Waals surface area contributed by atoms with E-state index >= 15 is 0 Å². The maximum absolute atomic E-state index is 11.1. The van der Waals surface area contributed by atoms with Crippen LogP contribution in [-0.4, -0.2) is 15.6 Å². The van der Waals surface area contributed by atoms with Gasteiger partial charge in [0.2, 0.25) is 5.91 Å². The number of nitrogens with one attached hydrogen (secondary N) is 2. The van der Waals surface area contributed by atoms with Crippen LogP contribution < -0.4 is 11.1 Å². The van der Waals surface area contributed by atoms with Crippen molar-refractivity contribution < 1.29 is 4.79 Å². The van der Waals surface area contributed by atoms with Gasteiger partial charge in [-0.25, -0.2) is 9.47 Å². The molecule has 1 heterocycles. The van der Waals surface area contributed by atoms with Gasteiger partial charge in [0, 0.05) is 12.6 Å². The van der Waals surface area contributed by atoms with E-state index in [2.05, 4.69) is 10.4 Å². The average molecular weight is 169 g/mol. The third kappa shape index (κ3) is 1.39. The highest BCUT2D eigenvalue weighted by atomic mass is 16.2. The Hall–Kier alpha value is -1.52. The van der Waals surface area contributed by atoms with Gasteiger partial charge < -0.3 is 4.98 Å². The fourth-order valence-corrected chi connectivity index (χ4v) is 0.919. The molecule has 2 N–H and O–H groups in total. The highest BCUT2D eigenvalue weighted by Crippen LogP contribution is 1.96. The standard InChI is InChI=1S/C7H11N3O2/c1-4-5(2)10(7(12)8-4)9-6(3)11/h1-3H3,(H,8,12)(H,9,11). The zero-order valence-corrected chi connectivity index (χ0v) is 7.26. The Bertz CT molecular complexity index is 361. The van der Waals surface area contributed by atoms with Gasteiger partial charge in [-0.15, -0.1) is 0 Å². The second kappa shape index (κ2) is 2.84. The molecule has 0 saturated carbocycles. The zero-order chi connectivity index (χ0) is 9.30. The molecule has 0 aliphatic carbocycles. The lowest BCUT2D eigenvalue weighted by Gasteiger charge is -2.02. The van der Waals surface area contributed by atoms with E-state index in [4.69, 9.17) is 0 Å². The number of aromatic amines is 1. The lowest BCUT2D eigenvalue weighted by atomic mass is 10.4. The summed E-state index contributed by atoms with van der Waals surface area (Å²) in [6.07, 6.45) is 0. The molecule has 0 aromatic carbocycles. The van der Waals surface area contributed by atoms with Crippen LogP contribution in [0.25, 0.3) is 0 Å². The Balaban J connectivity index is 3.14. The molecule has 0 spiro atoms. The maximum atomic E-state index is 11.1. The van der Waals surface area contributed by atoms with Gasteiger partial charge in [0.1, 0.15) is 0 Å². The van der Waals surface area contributed by atoms with E-state index in [1.165, 1.54) is 11.6 Å². The van der Waals surface area contributed by atoms with Gasteiger partial charge in [-0.3, -0.25) is 10.2 Å². The summed E-state index contributed by atoms with van der Waals surface area (Å²) >= 11 is 0. The molecule has 0 atom stereocenters. The van der Waals surface area contributed by atoms with Gasteiger partial charge in [-0.2, -0.15) is 0 Å². The van der Waals surface area contributed by atoms with Crippen molar-refractivity contribution in [3.05, 3.63) is 21.9 Å². The molecule has 1 amide bonds. The van der Waals surface area contributed by atoms with Crippen LogP contribution in [0, 0.1) is 13.8 Å². The molecule has 1 rings (SSSR count). The van der Waals surface area contributed by atoms with Crippen molar-refractivity contribution in [3.63, 3.8) is 0 Å². The summed E-state index contributed by atoms with van der Waals surface area (Å²) in [5.74, 6) is -0.265. The van der Waals surface area contributed by atoms with Gasteiger partial charge in [-0.1, -0.05) is 0 Å². The number of H-pyrrole nitrogens is 1. The van der Waals surface area contributed by atoms with E-state index in [-0.39, 0.29) is 11.6 Å². The van der Waals surface area contributed by atoms with Crippen LogP contribution in [0.4, 0.5) is 0 Å². The summed E-state index contributed by atoms with van der Waals surface area (Å²) < 4.78 is 1.19. The molecule has 12 heavy (non-hydrogen) atoms. The first-order chi connectivity index (χ1) is 5.52. The second-order valence-electron chi connectivity index (χ2n) is 2.64. The Morgan fingerprint density at radius 1 is 1.50 bits per heavy atom. The predicted octanol–water partition coefficient (Wildman–Crippen LogP) is -0.117. The normalized spacial score (nSPS) is 9.92. The highest BCUT2D eigenvalue weighted by molar-refractivity contribution is 5.80. The van der Waals surface area contributed by atoms with Gasteiger partial charge in [-0.05, 0) is 13.8 Å². The largest absolute Gasteiger partial charge is 0.344 e. The van der Waals surface area contributed by atoms with Crippen LogP contribution >= 0.6 is 0 Å². The highest BCUT2D eigenvalue weighted by Gasteiger charge is 2.06. The van der Waals surface area contributed by atoms with Crippen molar-refractivity contribution in [1.29, 1.82) is 0 Å². The zero-order valence-electron chi connectivity index (χ0n) is 7.26. The number of amides is 1. The maximum Gasteiger partial charge on any atom is 0.344 e. The van der Waals surface area contributed by atoms with Gasteiger partial charge in [0.05, 0.1) is 5.69 Å². The van der Waals surface area contributed by atoms with Crippen molar-refractivity contribution >= 4 is 5.91 Å². The molecule has 0 bridgehead atoms. The summed E-state index contributed by atoms with van der Waals surface area (Å²) in [6, 6.07) is 0. The fraction of sp³-hybridized carbons (Fsp3) is 0.429. The third-order valence-corrected chi connectivity index (χ3v) is 1.64. The lowest BCUT2D eigenvalue weighted by Crippen LogP contribution is -2.30. The number of aryl methyl sites for hydroxylation is 1. The first kappa shape index (κ1) is 8.58. The first-order valence-electron chi connectivity index (χ1n) is 3.58. The van der Waals surface area contributed by atoms with Crippen LogP contribution in [0.1, 0.15) is 18.3 Å². The van der Waals surface area contributed by atoms with Crippen molar-refractivity contribution in [3.8, 4) is 0 Å². The predicted molar refractivity (Wildman–Crippen MR) is 44.6 cm³/mol. The summed E-state index contributed by atoms with van der Waals surface area (Å²) in [7, 11) is 0. The molecule has 0 radical (unpaired) electrons. The molecular weight excluding hydrogens is 158 g/mol. The van der Waals surface area contributed by atoms with E-state index < -0.39 is 0 Å². The van der Waals surface area contributed by atoms with Crippen LogP contribution in [0.2, 0.25) is 0 Å². The number of hydrogen-bond donors (Lipinski definition) is 2. The quantitative estimate of drug-likeness (QED) is 0.615. The molecule has 66 valence electrons. The number of carbonyl (C=O) groups is 1. The molecule has 1 aromatic heterocycles. The number of aromatic nitrogens is 2. The Kier molecular flexibility index (Phi) is 2.03. The van der Waals surface area contributed by atoms with E-state index in [1.807, 2.05) is 0 Å². The molecule has 5 nitrogen and oxygen atoms in total. The first-order valence-corrected chi connectivity index (χ1v) is 3.58. The molecule has 0 fully saturated rings. The Morgan fingerprint density at radius 3 is 2.42 bits per heavy atom. The van der Waals surface area contributed by atoms with Crippen LogP contribution in [0.15, 0.2) is 4.79 Å². The topological polar surface area (TPSA) is 66.9 Å². The number of nitrogens with zero attached hydrogens (tertiary/aromatic N) is 1. The van der Waals surface area contributed by atoms with Gasteiger partial charge in [0.25, 0.3) is 0 Å². The van der Waals surface area contributed by atoms with E-state index in [1.54, 1.807) is 13.8 Å². The van der Waals surface area contributed by atoms with Crippen LogP contribution in [0.5, 0.6) is 0 Å². The fourth-order valence-electron chi connectivity index (χ4n) is 0.919. The smallest absolute Gasteiger partial charge is 0.308 e.